The van der Waals surface area contributed by atoms with Crippen molar-refractivity contribution in [1.82, 2.24) is 0 Å². The molecular weight excluding hydrogens is 294 g/mol. The van der Waals surface area contributed by atoms with Crippen molar-refractivity contribution in [3.8, 4) is 0 Å². The van der Waals surface area contributed by atoms with Gasteiger partial charge in [-0.2, -0.15) is 0 Å². The first kappa shape index (κ1) is 18.0. The van der Waals surface area contributed by atoms with Crippen LogP contribution in [0.1, 0.15) is 79.1 Å². The van der Waals surface area contributed by atoms with E-state index in [1.807, 2.05) is 0 Å². The van der Waals surface area contributed by atoms with Crippen LogP contribution in [0.5, 0.6) is 0 Å². The van der Waals surface area contributed by atoms with Gasteiger partial charge in [0.2, 0.25) is 0 Å². The number of hydrogen-bond donors (Lipinski definition) is 0. The Labute approximate surface area is 134 Å². The molecule has 0 aromatic carbocycles. The van der Waals surface area contributed by atoms with Crippen molar-refractivity contribution >= 4 is 15.1 Å². The Hall–Kier alpha value is 0.660. The van der Waals surface area contributed by atoms with Crippen LogP contribution in [0.25, 0.3) is 0 Å². The largest absolute Gasteiger partial charge is 0.323 e. The molecule has 2 heterocycles. The third-order valence-electron chi connectivity index (χ3n) is 6.43. The fourth-order valence-electron chi connectivity index (χ4n) is 5.04. The highest BCUT2D eigenvalue weighted by atomic mass is 31.2. The van der Waals surface area contributed by atoms with E-state index in [1.165, 1.54) is 44.7 Å². The van der Waals surface area contributed by atoms with E-state index in [1.54, 1.807) is 0 Å². The van der Waals surface area contributed by atoms with Gasteiger partial charge in [-0.3, -0.25) is 0 Å². The van der Waals surface area contributed by atoms with Gasteiger partial charge in [-0.05, 0) is 68.8 Å². The maximum Gasteiger partial charge on any atom is 0.0939 e. The molecule has 2 aliphatic rings. The zero-order valence-corrected chi connectivity index (χ0v) is 16.5. The van der Waals surface area contributed by atoms with E-state index in [2.05, 4.69) is 27.7 Å². The lowest BCUT2D eigenvalue weighted by Crippen LogP contribution is -2.15. The fraction of sp³-hybridized carbons (Fsp3) is 1.00. The lowest BCUT2D eigenvalue weighted by atomic mass is 10.1. The van der Waals surface area contributed by atoms with Gasteiger partial charge >= 0.3 is 0 Å². The molecule has 0 bridgehead atoms. The molecule has 4 atom stereocenters. The summed E-state index contributed by atoms with van der Waals surface area (Å²) in [6.07, 6.45) is 12.9. The Kier molecular flexibility index (Phi) is 6.83. The smallest absolute Gasteiger partial charge is 0.0939 e. The van der Waals surface area contributed by atoms with Crippen LogP contribution in [0, 0.1) is 0 Å². The first-order chi connectivity index (χ1) is 10.1. The Morgan fingerprint density at radius 2 is 1.29 bits per heavy atom. The second kappa shape index (κ2) is 7.97. The van der Waals surface area contributed by atoms with Gasteiger partial charge in [-0.1, -0.05) is 35.6 Å². The predicted molar refractivity (Wildman–Crippen MR) is 99.0 cm³/mol. The third kappa shape index (κ3) is 3.61. The first-order valence-electron chi connectivity index (χ1n) is 9.44. The van der Waals surface area contributed by atoms with Crippen molar-refractivity contribution in [2.45, 2.75) is 102 Å². The van der Waals surface area contributed by atoms with Crippen LogP contribution in [0.2, 0.25) is 0 Å². The minimum Gasteiger partial charge on any atom is -0.323 e. The molecule has 2 aliphatic heterocycles. The second-order valence-corrected chi connectivity index (χ2v) is 13.8. The summed E-state index contributed by atoms with van der Waals surface area (Å²) >= 11 is 0. The lowest BCUT2D eigenvalue weighted by molar-refractivity contribution is 0.562. The summed E-state index contributed by atoms with van der Waals surface area (Å²) in [6.45, 7) is 9.28. The standard InChI is InChI=1S/C18H36OP2/c1-5-15-9-10-16(6-2)20(15)13-14-21(19)17(7-3)11-12-18(21)8-4/h15-18H,5-14H2,1-4H3/t15-,16-,17-,18-/m1/s1. The molecule has 0 N–H and O–H groups in total. The molecule has 21 heavy (non-hydrogen) atoms. The molecule has 0 saturated carbocycles. The van der Waals surface area contributed by atoms with E-state index in [4.69, 9.17) is 0 Å². The predicted octanol–water partition coefficient (Wildman–Crippen LogP) is 6.53. The average Bonchev–Trinajstić information content (AvgIpc) is 3.04. The Morgan fingerprint density at radius 3 is 1.67 bits per heavy atom. The SMILES string of the molecule is CC[C@@H]1CC[C@@H](CC)P1CCP1(=O)[C@H](CC)CC[C@H]1CC. The van der Waals surface area contributed by atoms with E-state index in [-0.39, 0.29) is 7.92 Å². The molecule has 0 unspecified atom stereocenters. The Bertz CT molecular complexity index is 340. The van der Waals surface area contributed by atoms with Crippen LogP contribution in [0.4, 0.5) is 0 Å². The van der Waals surface area contributed by atoms with Gasteiger partial charge < -0.3 is 4.57 Å². The molecule has 1 nitrogen and oxygen atoms in total. The highest BCUT2D eigenvalue weighted by molar-refractivity contribution is 7.67. The van der Waals surface area contributed by atoms with Gasteiger partial charge in [0, 0.05) is 17.5 Å². The van der Waals surface area contributed by atoms with E-state index in [9.17, 15) is 4.57 Å². The molecule has 2 rings (SSSR count). The van der Waals surface area contributed by atoms with Gasteiger partial charge in [-0.25, -0.2) is 0 Å². The molecule has 3 heteroatoms. The molecule has 0 spiro atoms. The second-order valence-electron chi connectivity index (χ2n) is 7.22. The third-order valence-corrected chi connectivity index (χ3v) is 15.3. The zero-order chi connectivity index (χ0) is 15.5. The van der Waals surface area contributed by atoms with Crippen molar-refractivity contribution in [2.75, 3.05) is 12.3 Å². The monoisotopic (exact) mass is 330 g/mol. The zero-order valence-electron chi connectivity index (χ0n) is 14.7. The molecule has 124 valence electrons. The highest BCUT2D eigenvalue weighted by Crippen LogP contribution is 2.67. The van der Waals surface area contributed by atoms with Crippen LogP contribution in [-0.4, -0.2) is 35.0 Å². The normalized spacial score (nSPS) is 36.4. The van der Waals surface area contributed by atoms with Crippen LogP contribution in [0.15, 0.2) is 0 Å². The first-order valence-corrected chi connectivity index (χ1v) is 13.1. The van der Waals surface area contributed by atoms with E-state index in [0.29, 0.717) is 11.3 Å². The molecule has 0 aromatic heterocycles. The van der Waals surface area contributed by atoms with E-state index < -0.39 is 7.14 Å². The Morgan fingerprint density at radius 1 is 0.810 bits per heavy atom. The summed E-state index contributed by atoms with van der Waals surface area (Å²) in [5, 5.41) is 0. The lowest BCUT2D eigenvalue weighted by Gasteiger charge is -2.30. The quantitative estimate of drug-likeness (QED) is 0.485. The Balaban J connectivity index is 2.04. The summed E-state index contributed by atoms with van der Waals surface area (Å²) in [6, 6.07) is 0. The maximum absolute atomic E-state index is 13.7. The van der Waals surface area contributed by atoms with Gasteiger partial charge in [0.25, 0.3) is 0 Å². The van der Waals surface area contributed by atoms with Crippen molar-refractivity contribution < 1.29 is 4.57 Å². The summed E-state index contributed by atoms with van der Waals surface area (Å²) < 4.78 is 13.7. The summed E-state index contributed by atoms with van der Waals surface area (Å²) in [5.41, 5.74) is 3.11. The number of hydrogen-bond acceptors (Lipinski definition) is 1. The molecule has 2 fully saturated rings. The topological polar surface area (TPSA) is 17.1 Å². The molecule has 0 aromatic rings. The summed E-state index contributed by atoms with van der Waals surface area (Å²) in [5.74, 6) is 0. The molecule has 2 saturated heterocycles. The van der Waals surface area contributed by atoms with Crippen LogP contribution in [0.3, 0.4) is 0 Å². The van der Waals surface area contributed by atoms with Gasteiger partial charge in [0.1, 0.15) is 0 Å². The maximum atomic E-state index is 13.7. The van der Waals surface area contributed by atoms with Crippen molar-refractivity contribution in [1.29, 1.82) is 0 Å². The number of rotatable bonds is 7. The fourth-order valence-corrected chi connectivity index (χ4v) is 14.2. The highest BCUT2D eigenvalue weighted by Gasteiger charge is 2.44. The average molecular weight is 330 g/mol. The minimum absolute atomic E-state index is 0.159. The molecule has 0 amide bonds. The van der Waals surface area contributed by atoms with E-state index >= 15 is 0 Å². The van der Waals surface area contributed by atoms with Crippen molar-refractivity contribution in [2.24, 2.45) is 0 Å². The molecular formula is C18H36OP2. The molecule has 0 aliphatic carbocycles. The van der Waals surface area contributed by atoms with Crippen LogP contribution < -0.4 is 0 Å². The van der Waals surface area contributed by atoms with Gasteiger partial charge in [0.15, 0.2) is 0 Å². The van der Waals surface area contributed by atoms with Crippen LogP contribution >= 0.6 is 15.1 Å². The van der Waals surface area contributed by atoms with Gasteiger partial charge in [-0.15, -0.1) is 0 Å². The summed E-state index contributed by atoms with van der Waals surface area (Å²) in [7, 11) is -1.74. The van der Waals surface area contributed by atoms with Crippen molar-refractivity contribution in [3.63, 3.8) is 0 Å². The van der Waals surface area contributed by atoms with Crippen molar-refractivity contribution in [3.05, 3.63) is 0 Å². The van der Waals surface area contributed by atoms with Gasteiger partial charge in [0.05, 0.1) is 7.14 Å². The van der Waals surface area contributed by atoms with E-state index in [0.717, 1.165) is 30.3 Å². The minimum atomic E-state index is -1.90. The van der Waals surface area contributed by atoms with Crippen LogP contribution in [-0.2, 0) is 4.57 Å². The summed E-state index contributed by atoms with van der Waals surface area (Å²) in [4.78, 5) is 0. The molecule has 0 radical (unpaired) electrons.